The van der Waals surface area contributed by atoms with Crippen molar-refractivity contribution in [1.29, 1.82) is 0 Å². The normalized spacial score (nSPS) is 9.69. The fraction of sp³-hybridized carbons (Fsp3) is 0.364. The van der Waals surface area contributed by atoms with Crippen molar-refractivity contribution in [3.63, 3.8) is 0 Å². The third kappa shape index (κ3) is 2.58. The van der Waals surface area contributed by atoms with E-state index in [4.69, 9.17) is 4.74 Å². The Morgan fingerprint density at radius 1 is 1.46 bits per heavy atom. The number of aldehydes is 1. The van der Waals surface area contributed by atoms with Crippen LogP contribution in [0.2, 0.25) is 0 Å². The fourth-order valence-corrected chi connectivity index (χ4v) is 1.12. The maximum atomic E-state index is 10.4. The van der Waals surface area contributed by atoms with E-state index in [0.717, 1.165) is 30.6 Å². The minimum absolute atomic E-state index is 0.696. The molecule has 2 heteroatoms. The lowest BCUT2D eigenvalue weighted by molar-refractivity contribution is 0.112. The number of benzene rings is 1. The van der Waals surface area contributed by atoms with Gasteiger partial charge in [0.1, 0.15) is 12.0 Å². The third-order valence-corrected chi connectivity index (χ3v) is 1.80. The lowest BCUT2D eigenvalue weighted by Crippen LogP contribution is -1.97. The number of hydrogen-bond donors (Lipinski definition) is 0. The van der Waals surface area contributed by atoms with E-state index in [2.05, 4.69) is 6.92 Å². The Kier molecular flexibility index (Phi) is 3.50. The predicted octanol–water partition coefficient (Wildman–Crippen LogP) is 2.60. The van der Waals surface area contributed by atoms with Gasteiger partial charge in [-0.25, -0.2) is 0 Å². The van der Waals surface area contributed by atoms with E-state index in [1.54, 1.807) is 6.07 Å². The second-order valence-corrected chi connectivity index (χ2v) is 2.99. The first-order valence-electron chi connectivity index (χ1n) is 4.46. The SMILES string of the molecule is CCCOc1ccc(C=O)cc1C. The van der Waals surface area contributed by atoms with Crippen molar-refractivity contribution < 1.29 is 9.53 Å². The second kappa shape index (κ2) is 4.65. The van der Waals surface area contributed by atoms with Crippen LogP contribution in [0.25, 0.3) is 0 Å². The Labute approximate surface area is 78.5 Å². The summed E-state index contributed by atoms with van der Waals surface area (Å²) in [7, 11) is 0. The molecule has 1 aromatic rings. The van der Waals surface area contributed by atoms with E-state index in [1.165, 1.54) is 0 Å². The summed E-state index contributed by atoms with van der Waals surface area (Å²) in [6, 6.07) is 5.44. The van der Waals surface area contributed by atoms with E-state index in [1.807, 2.05) is 19.1 Å². The van der Waals surface area contributed by atoms with Crippen molar-refractivity contribution in [2.45, 2.75) is 20.3 Å². The van der Waals surface area contributed by atoms with Gasteiger partial charge in [-0.3, -0.25) is 4.79 Å². The molecule has 0 radical (unpaired) electrons. The van der Waals surface area contributed by atoms with Gasteiger partial charge in [0, 0.05) is 5.56 Å². The van der Waals surface area contributed by atoms with Gasteiger partial charge in [-0.1, -0.05) is 6.92 Å². The van der Waals surface area contributed by atoms with Crippen LogP contribution in [-0.4, -0.2) is 12.9 Å². The summed E-state index contributed by atoms with van der Waals surface area (Å²) in [6.45, 7) is 4.73. The molecule has 0 unspecified atom stereocenters. The Bertz CT molecular complexity index is 292. The number of carbonyl (C=O) groups excluding carboxylic acids is 1. The topological polar surface area (TPSA) is 26.3 Å². The predicted molar refractivity (Wildman–Crippen MR) is 52.4 cm³/mol. The molecule has 0 saturated carbocycles. The van der Waals surface area contributed by atoms with E-state index in [-0.39, 0.29) is 0 Å². The molecule has 0 amide bonds. The average molecular weight is 178 g/mol. The maximum Gasteiger partial charge on any atom is 0.150 e. The van der Waals surface area contributed by atoms with Crippen LogP contribution in [0.4, 0.5) is 0 Å². The van der Waals surface area contributed by atoms with E-state index >= 15 is 0 Å². The van der Waals surface area contributed by atoms with Gasteiger partial charge in [-0.05, 0) is 37.1 Å². The molecule has 1 aromatic carbocycles. The maximum absolute atomic E-state index is 10.4. The number of ether oxygens (including phenoxy) is 1. The molecule has 0 aliphatic rings. The molecular formula is C11H14O2. The van der Waals surface area contributed by atoms with Gasteiger partial charge in [-0.2, -0.15) is 0 Å². The highest BCUT2D eigenvalue weighted by molar-refractivity contribution is 5.75. The van der Waals surface area contributed by atoms with Crippen LogP contribution in [0.3, 0.4) is 0 Å². The molecule has 0 aliphatic carbocycles. The highest BCUT2D eigenvalue weighted by Crippen LogP contribution is 2.18. The highest BCUT2D eigenvalue weighted by Gasteiger charge is 1.99. The zero-order chi connectivity index (χ0) is 9.68. The van der Waals surface area contributed by atoms with Gasteiger partial charge in [-0.15, -0.1) is 0 Å². The van der Waals surface area contributed by atoms with Crippen LogP contribution in [0, 0.1) is 6.92 Å². The first kappa shape index (κ1) is 9.78. The summed E-state index contributed by atoms with van der Waals surface area (Å²) in [6.07, 6.45) is 1.84. The summed E-state index contributed by atoms with van der Waals surface area (Å²) in [5.41, 5.74) is 1.71. The van der Waals surface area contributed by atoms with Gasteiger partial charge in [0.25, 0.3) is 0 Å². The van der Waals surface area contributed by atoms with Crippen LogP contribution in [-0.2, 0) is 0 Å². The summed E-state index contributed by atoms with van der Waals surface area (Å²) in [5.74, 6) is 0.868. The first-order valence-corrected chi connectivity index (χ1v) is 4.46. The lowest BCUT2D eigenvalue weighted by atomic mass is 10.1. The van der Waals surface area contributed by atoms with Crippen LogP contribution < -0.4 is 4.74 Å². The van der Waals surface area contributed by atoms with E-state index < -0.39 is 0 Å². The van der Waals surface area contributed by atoms with Crippen molar-refractivity contribution >= 4 is 6.29 Å². The smallest absolute Gasteiger partial charge is 0.150 e. The van der Waals surface area contributed by atoms with Gasteiger partial charge in [0.05, 0.1) is 6.61 Å². The van der Waals surface area contributed by atoms with Crippen molar-refractivity contribution in [3.8, 4) is 5.75 Å². The second-order valence-electron chi connectivity index (χ2n) is 2.99. The zero-order valence-electron chi connectivity index (χ0n) is 8.04. The molecule has 0 spiro atoms. The monoisotopic (exact) mass is 178 g/mol. The van der Waals surface area contributed by atoms with Crippen molar-refractivity contribution in [2.24, 2.45) is 0 Å². The average Bonchev–Trinajstić information content (AvgIpc) is 2.16. The molecule has 0 heterocycles. The summed E-state index contributed by atoms with van der Waals surface area (Å²) in [4.78, 5) is 10.4. The van der Waals surface area contributed by atoms with Crippen molar-refractivity contribution in [3.05, 3.63) is 29.3 Å². The van der Waals surface area contributed by atoms with E-state index in [0.29, 0.717) is 5.56 Å². The molecular weight excluding hydrogens is 164 g/mol. The molecule has 13 heavy (non-hydrogen) atoms. The Hall–Kier alpha value is -1.31. The van der Waals surface area contributed by atoms with E-state index in [9.17, 15) is 4.79 Å². The molecule has 0 aliphatic heterocycles. The largest absolute Gasteiger partial charge is 0.493 e. The minimum Gasteiger partial charge on any atom is -0.493 e. The summed E-state index contributed by atoms with van der Waals surface area (Å²) in [5, 5.41) is 0. The quantitative estimate of drug-likeness (QED) is 0.662. The molecule has 0 atom stereocenters. The molecule has 2 nitrogen and oxygen atoms in total. The number of aryl methyl sites for hydroxylation is 1. The molecule has 70 valence electrons. The Morgan fingerprint density at radius 3 is 2.77 bits per heavy atom. The summed E-state index contributed by atoms with van der Waals surface area (Å²) < 4.78 is 5.47. The lowest BCUT2D eigenvalue weighted by Gasteiger charge is -2.07. The molecule has 0 aromatic heterocycles. The number of rotatable bonds is 4. The molecule has 0 N–H and O–H groups in total. The molecule has 0 saturated heterocycles. The fourth-order valence-electron chi connectivity index (χ4n) is 1.12. The number of hydrogen-bond acceptors (Lipinski definition) is 2. The van der Waals surface area contributed by atoms with Crippen LogP contribution in [0.1, 0.15) is 29.3 Å². The van der Waals surface area contributed by atoms with Crippen LogP contribution in [0.15, 0.2) is 18.2 Å². The van der Waals surface area contributed by atoms with Gasteiger partial charge < -0.3 is 4.74 Å². The van der Waals surface area contributed by atoms with Crippen molar-refractivity contribution in [2.75, 3.05) is 6.61 Å². The summed E-state index contributed by atoms with van der Waals surface area (Å²) >= 11 is 0. The molecule has 0 bridgehead atoms. The van der Waals surface area contributed by atoms with Crippen LogP contribution in [0.5, 0.6) is 5.75 Å². The first-order chi connectivity index (χ1) is 6.27. The Balaban J connectivity index is 2.79. The van der Waals surface area contributed by atoms with Crippen molar-refractivity contribution in [1.82, 2.24) is 0 Å². The van der Waals surface area contributed by atoms with Crippen LogP contribution >= 0.6 is 0 Å². The standard InChI is InChI=1S/C11H14O2/c1-3-6-13-11-5-4-10(8-12)7-9(11)2/h4-5,7-8H,3,6H2,1-2H3. The highest BCUT2D eigenvalue weighted by atomic mass is 16.5. The Morgan fingerprint density at radius 2 is 2.23 bits per heavy atom. The van der Waals surface area contributed by atoms with Gasteiger partial charge in [0.15, 0.2) is 0 Å². The minimum atomic E-state index is 0.696. The molecule has 0 fully saturated rings. The zero-order valence-corrected chi connectivity index (χ0v) is 8.04. The van der Waals surface area contributed by atoms with Gasteiger partial charge in [0.2, 0.25) is 0 Å². The molecule has 1 rings (SSSR count). The van der Waals surface area contributed by atoms with Gasteiger partial charge >= 0.3 is 0 Å². The third-order valence-electron chi connectivity index (χ3n) is 1.80. The number of carbonyl (C=O) groups is 1.